The molecule has 0 spiro atoms. The Morgan fingerprint density at radius 2 is 2.12 bits per heavy atom. The Hall–Kier alpha value is -2.44. The number of carbonyl (C=O) groups is 2. The molecule has 0 radical (unpaired) electrons. The Bertz CT molecular complexity index is 802. The summed E-state index contributed by atoms with van der Waals surface area (Å²) in [6.07, 6.45) is 7.55. The third-order valence-corrected chi connectivity index (χ3v) is 5.46. The Kier molecular flexibility index (Phi) is 3.51. The van der Waals surface area contributed by atoms with Crippen molar-refractivity contribution < 1.29 is 14.3 Å². The van der Waals surface area contributed by atoms with Crippen molar-refractivity contribution in [1.82, 2.24) is 19.5 Å². The molecule has 0 bridgehead atoms. The molecule has 24 heavy (non-hydrogen) atoms. The average Bonchev–Trinajstić information content (AvgIpc) is 3.26. The second-order valence-corrected chi connectivity index (χ2v) is 6.61. The van der Waals surface area contributed by atoms with E-state index < -0.39 is 5.41 Å². The van der Waals surface area contributed by atoms with Gasteiger partial charge >= 0.3 is 5.97 Å². The maximum Gasteiger partial charge on any atom is 0.313 e. The fraction of sp³-hybridized carbons (Fsp3) is 0.529. The molecular formula is C17H20N4O3. The normalized spacial score (nSPS) is 26.4. The molecule has 2 atom stereocenters. The van der Waals surface area contributed by atoms with Crippen LogP contribution in [-0.2, 0) is 9.53 Å². The summed E-state index contributed by atoms with van der Waals surface area (Å²) in [6.45, 7) is 0.659. The molecule has 126 valence electrons. The highest BCUT2D eigenvalue weighted by atomic mass is 16.5. The van der Waals surface area contributed by atoms with E-state index in [0.29, 0.717) is 17.9 Å². The number of aromatic nitrogens is 3. The minimum atomic E-state index is -0.540. The van der Waals surface area contributed by atoms with Crippen molar-refractivity contribution in [1.29, 1.82) is 0 Å². The van der Waals surface area contributed by atoms with Crippen molar-refractivity contribution in [2.45, 2.75) is 38.1 Å². The fourth-order valence-electron chi connectivity index (χ4n) is 4.38. The van der Waals surface area contributed by atoms with Crippen LogP contribution < -0.4 is 0 Å². The van der Waals surface area contributed by atoms with Gasteiger partial charge in [-0.1, -0.05) is 6.42 Å². The summed E-state index contributed by atoms with van der Waals surface area (Å²) in [7, 11) is 1.43. The number of esters is 1. The Morgan fingerprint density at radius 3 is 2.96 bits per heavy atom. The molecule has 7 heteroatoms. The minimum Gasteiger partial charge on any atom is -0.469 e. The second-order valence-electron chi connectivity index (χ2n) is 6.61. The van der Waals surface area contributed by atoms with Gasteiger partial charge in [-0.2, -0.15) is 5.10 Å². The number of methoxy groups -OCH3 is 1. The predicted molar refractivity (Wildman–Crippen MR) is 85.3 cm³/mol. The van der Waals surface area contributed by atoms with E-state index in [0.717, 1.165) is 32.1 Å². The van der Waals surface area contributed by atoms with Crippen LogP contribution in [0, 0.1) is 5.41 Å². The molecule has 7 nitrogen and oxygen atoms in total. The van der Waals surface area contributed by atoms with Gasteiger partial charge in [-0.3, -0.25) is 9.59 Å². The minimum absolute atomic E-state index is 0.0912. The zero-order valence-corrected chi connectivity index (χ0v) is 13.6. The van der Waals surface area contributed by atoms with Crippen molar-refractivity contribution >= 4 is 17.5 Å². The second kappa shape index (κ2) is 5.58. The number of imidazole rings is 1. The zero-order valence-electron chi connectivity index (χ0n) is 13.6. The number of ether oxygens (including phenoxy) is 1. The number of carbonyl (C=O) groups excluding carboxylic acids is 2. The molecule has 1 saturated heterocycles. The van der Waals surface area contributed by atoms with Crippen molar-refractivity contribution in [3.63, 3.8) is 0 Å². The predicted octanol–water partition coefficient (Wildman–Crippen LogP) is 1.68. The molecule has 1 amide bonds. The molecule has 0 N–H and O–H groups in total. The third-order valence-electron chi connectivity index (χ3n) is 5.46. The highest BCUT2D eigenvalue weighted by Crippen LogP contribution is 2.48. The van der Waals surface area contributed by atoms with Gasteiger partial charge in [-0.25, -0.2) is 9.50 Å². The van der Waals surface area contributed by atoms with Crippen molar-refractivity contribution in [2.75, 3.05) is 13.7 Å². The molecule has 1 saturated carbocycles. The van der Waals surface area contributed by atoms with Gasteiger partial charge < -0.3 is 9.64 Å². The largest absolute Gasteiger partial charge is 0.469 e. The van der Waals surface area contributed by atoms with Gasteiger partial charge in [-0.15, -0.1) is 0 Å². The van der Waals surface area contributed by atoms with E-state index in [1.165, 1.54) is 7.11 Å². The Balaban J connectivity index is 1.67. The first-order valence-electron chi connectivity index (χ1n) is 8.35. The van der Waals surface area contributed by atoms with E-state index in [1.54, 1.807) is 29.0 Å². The van der Waals surface area contributed by atoms with Crippen LogP contribution in [0.4, 0.5) is 0 Å². The van der Waals surface area contributed by atoms with Gasteiger partial charge in [0.1, 0.15) is 5.69 Å². The van der Waals surface area contributed by atoms with Gasteiger partial charge in [0.2, 0.25) is 0 Å². The number of likely N-dealkylation sites (tertiary alicyclic amines) is 1. The van der Waals surface area contributed by atoms with E-state index in [9.17, 15) is 9.59 Å². The summed E-state index contributed by atoms with van der Waals surface area (Å²) < 4.78 is 6.67. The highest BCUT2D eigenvalue weighted by Gasteiger charge is 2.55. The highest BCUT2D eigenvalue weighted by molar-refractivity contribution is 5.93. The molecule has 2 fully saturated rings. The zero-order chi connectivity index (χ0) is 16.7. The standard InChI is InChI=1S/C17H20N4O3/c1-24-16(23)17-7-2-4-13(17)20(10-3-8-17)15(22)12-5-6-14-18-9-11-21(14)19-12/h5-6,9,11,13H,2-4,7-8,10H2,1H3/t13-,17+/m1/s1. The number of rotatable bonds is 2. The maximum absolute atomic E-state index is 13.0. The first-order chi connectivity index (χ1) is 11.7. The van der Waals surface area contributed by atoms with Crippen LogP contribution in [0.3, 0.4) is 0 Å². The van der Waals surface area contributed by atoms with Crippen LogP contribution in [0.5, 0.6) is 0 Å². The van der Waals surface area contributed by atoms with E-state index in [-0.39, 0.29) is 17.9 Å². The third kappa shape index (κ3) is 2.11. The van der Waals surface area contributed by atoms with Crippen LogP contribution in [0.1, 0.15) is 42.6 Å². The van der Waals surface area contributed by atoms with Crippen LogP contribution in [-0.4, -0.2) is 51.1 Å². The number of piperidine rings is 1. The fourth-order valence-corrected chi connectivity index (χ4v) is 4.38. The molecule has 3 heterocycles. The number of hydrogen-bond acceptors (Lipinski definition) is 5. The number of nitrogens with zero attached hydrogens (tertiary/aromatic N) is 4. The van der Waals surface area contributed by atoms with E-state index >= 15 is 0 Å². The molecule has 4 rings (SSSR count). The first-order valence-corrected chi connectivity index (χ1v) is 8.35. The summed E-state index contributed by atoms with van der Waals surface area (Å²) in [5.41, 5.74) is 0.546. The summed E-state index contributed by atoms with van der Waals surface area (Å²) in [4.78, 5) is 31.4. The SMILES string of the molecule is COC(=O)[C@]12CCC[C@H]1N(C(=O)c1ccc3nccn3n1)CCC2. The summed E-state index contributed by atoms with van der Waals surface area (Å²) in [5, 5.41) is 4.36. The van der Waals surface area contributed by atoms with Gasteiger partial charge in [0.25, 0.3) is 5.91 Å². The van der Waals surface area contributed by atoms with Crippen molar-refractivity contribution in [3.05, 3.63) is 30.2 Å². The molecular weight excluding hydrogens is 308 g/mol. The summed E-state index contributed by atoms with van der Waals surface area (Å²) >= 11 is 0. The topological polar surface area (TPSA) is 76.8 Å². The Morgan fingerprint density at radius 1 is 1.29 bits per heavy atom. The summed E-state index contributed by atoms with van der Waals surface area (Å²) in [6, 6.07) is 3.40. The summed E-state index contributed by atoms with van der Waals surface area (Å²) in [5.74, 6) is -0.300. The lowest BCUT2D eigenvalue weighted by molar-refractivity contribution is -0.158. The first kappa shape index (κ1) is 15.1. The van der Waals surface area contributed by atoms with Crippen LogP contribution in [0.25, 0.3) is 5.65 Å². The monoisotopic (exact) mass is 328 g/mol. The van der Waals surface area contributed by atoms with Crippen molar-refractivity contribution in [2.24, 2.45) is 5.41 Å². The molecule has 2 aliphatic rings. The van der Waals surface area contributed by atoms with Crippen LogP contribution >= 0.6 is 0 Å². The lowest BCUT2D eigenvalue weighted by Crippen LogP contribution is -2.55. The lowest BCUT2D eigenvalue weighted by atomic mass is 9.74. The van der Waals surface area contributed by atoms with Crippen LogP contribution in [0.2, 0.25) is 0 Å². The van der Waals surface area contributed by atoms with E-state index in [2.05, 4.69) is 10.1 Å². The number of amides is 1. The van der Waals surface area contributed by atoms with E-state index in [4.69, 9.17) is 4.74 Å². The van der Waals surface area contributed by atoms with Gasteiger partial charge in [0.15, 0.2) is 5.65 Å². The average molecular weight is 328 g/mol. The molecule has 2 aromatic heterocycles. The van der Waals surface area contributed by atoms with Gasteiger partial charge in [-0.05, 0) is 37.8 Å². The molecule has 2 aromatic rings. The number of hydrogen-bond donors (Lipinski definition) is 0. The molecule has 0 unspecified atom stereocenters. The van der Waals surface area contributed by atoms with Gasteiger partial charge in [0.05, 0.1) is 12.5 Å². The molecule has 1 aliphatic carbocycles. The van der Waals surface area contributed by atoms with E-state index in [1.807, 2.05) is 4.90 Å². The van der Waals surface area contributed by atoms with Gasteiger partial charge in [0, 0.05) is 25.0 Å². The van der Waals surface area contributed by atoms with Crippen LogP contribution in [0.15, 0.2) is 24.5 Å². The molecule has 1 aliphatic heterocycles. The Labute approximate surface area is 139 Å². The molecule has 0 aromatic carbocycles. The smallest absolute Gasteiger partial charge is 0.313 e. The lowest BCUT2D eigenvalue weighted by Gasteiger charge is -2.44. The number of fused-ring (bicyclic) bond motifs is 2. The maximum atomic E-state index is 13.0. The van der Waals surface area contributed by atoms with Crippen molar-refractivity contribution in [3.8, 4) is 0 Å². The quantitative estimate of drug-likeness (QED) is 0.784.